The van der Waals surface area contributed by atoms with Gasteiger partial charge in [0.05, 0.1) is 5.56 Å². The molecule has 0 saturated carbocycles. The predicted molar refractivity (Wildman–Crippen MR) is 69.2 cm³/mol. The highest BCUT2D eigenvalue weighted by Gasteiger charge is 2.11. The first-order valence-electron chi connectivity index (χ1n) is 5.97. The van der Waals surface area contributed by atoms with Crippen LogP contribution in [-0.4, -0.2) is 0 Å². The van der Waals surface area contributed by atoms with Crippen molar-refractivity contribution in [3.63, 3.8) is 0 Å². The highest BCUT2D eigenvalue weighted by Crippen LogP contribution is 2.21. The van der Waals surface area contributed by atoms with Crippen LogP contribution in [-0.2, 0) is 12.8 Å². The average Bonchev–Trinajstić information content (AvgIpc) is 2.38. The first kappa shape index (κ1) is 11.6. The minimum Gasteiger partial charge on any atom is -0.427 e. The van der Waals surface area contributed by atoms with Gasteiger partial charge >= 0.3 is 5.63 Å². The Bertz CT molecular complexity index is 553. The minimum absolute atomic E-state index is 0.229. The van der Waals surface area contributed by atoms with E-state index in [9.17, 15) is 4.79 Å². The van der Waals surface area contributed by atoms with Gasteiger partial charge in [0, 0.05) is 6.42 Å². The Morgan fingerprint density at radius 1 is 1.06 bits per heavy atom. The molecule has 0 unspecified atom stereocenters. The summed E-state index contributed by atoms with van der Waals surface area (Å²) in [5.74, 6) is 0.756. The summed E-state index contributed by atoms with van der Waals surface area (Å²) < 4.78 is 5.30. The lowest BCUT2D eigenvalue weighted by atomic mass is 10.00. The molecule has 17 heavy (non-hydrogen) atoms. The third-order valence-electron chi connectivity index (χ3n) is 2.88. The molecule has 2 rings (SSSR count). The molecule has 1 aromatic carbocycles. The van der Waals surface area contributed by atoms with Gasteiger partial charge in [-0.1, -0.05) is 44.2 Å². The zero-order valence-electron chi connectivity index (χ0n) is 10.2. The normalized spacial score (nSPS) is 10.5. The molecule has 0 radical (unpaired) electrons. The molecule has 0 amide bonds. The van der Waals surface area contributed by atoms with Crippen LogP contribution in [0.15, 0.2) is 45.6 Å². The first-order chi connectivity index (χ1) is 8.26. The second kappa shape index (κ2) is 5.00. The standard InChI is InChI=1S/C15H16O2/c1-3-11-10-13(4-2)17-15(16)14(11)12-8-6-5-7-9-12/h5-10H,3-4H2,1-2H3. The third kappa shape index (κ3) is 2.31. The van der Waals surface area contributed by atoms with Gasteiger partial charge in [-0.15, -0.1) is 0 Å². The van der Waals surface area contributed by atoms with Crippen molar-refractivity contribution in [2.24, 2.45) is 0 Å². The summed E-state index contributed by atoms with van der Waals surface area (Å²) in [6.07, 6.45) is 1.58. The van der Waals surface area contributed by atoms with Crippen LogP contribution in [0.4, 0.5) is 0 Å². The largest absolute Gasteiger partial charge is 0.427 e. The van der Waals surface area contributed by atoms with Crippen molar-refractivity contribution in [2.45, 2.75) is 26.7 Å². The third-order valence-corrected chi connectivity index (χ3v) is 2.88. The fraction of sp³-hybridized carbons (Fsp3) is 0.267. The molecule has 0 N–H and O–H groups in total. The van der Waals surface area contributed by atoms with E-state index in [0.29, 0.717) is 5.56 Å². The van der Waals surface area contributed by atoms with E-state index < -0.39 is 0 Å². The molecular weight excluding hydrogens is 212 g/mol. The van der Waals surface area contributed by atoms with Crippen molar-refractivity contribution in [1.29, 1.82) is 0 Å². The molecule has 0 aliphatic carbocycles. The summed E-state index contributed by atoms with van der Waals surface area (Å²) in [5.41, 5.74) is 2.46. The van der Waals surface area contributed by atoms with Gasteiger partial charge in [0.2, 0.25) is 0 Å². The lowest BCUT2D eigenvalue weighted by Gasteiger charge is -2.07. The van der Waals surface area contributed by atoms with E-state index in [1.54, 1.807) is 0 Å². The van der Waals surface area contributed by atoms with Gasteiger partial charge in [-0.3, -0.25) is 0 Å². The van der Waals surface area contributed by atoms with E-state index in [-0.39, 0.29) is 5.63 Å². The van der Waals surface area contributed by atoms with Gasteiger partial charge in [0.1, 0.15) is 5.76 Å². The molecule has 0 atom stereocenters. The Hall–Kier alpha value is -1.83. The second-order valence-electron chi connectivity index (χ2n) is 3.97. The summed E-state index contributed by atoms with van der Waals surface area (Å²) >= 11 is 0. The van der Waals surface area contributed by atoms with Gasteiger partial charge in [0.15, 0.2) is 0 Å². The Labute approximate surface area is 101 Å². The Balaban J connectivity index is 2.65. The topological polar surface area (TPSA) is 30.2 Å². The molecular formula is C15H16O2. The van der Waals surface area contributed by atoms with Crippen molar-refractivity contribution < 1.29 is 4.42 Å². The molecule has 0 saturated heterocycles. The monoisotopic (exact) mass is 228 g/mol. The first-order valence-corrected chi connectivity index (χ1v) is 5.97. The molecule has 2 heteroatoms. The van der Waals surface area contributed by atoms with Gasteiger partial charge in [0.25, 0.3) is 0 Å². The minimum atomic E-state index is -0.229. The molecule has 1 heterocycles. The van der Waals surface area contributed by atoms with Crippen LogP contribution in [0, 0.1) is 0 Å². The number of aryl methyl sites for hydroxylation is 2. The van der Waals surface area contributed by atoms with Gasteiger partial charge in [-0.05, 0) is 23.6 Å². The maximum atomic E-state index is 12.0. The molecule has 2 aromatic rings. The summed E-state index contributed by atoms with van der Waals surface area (Å²) in [4.78, 5) is 12.0. The SMILES string of the molecule is CCc1cc(CC)c(-c2ccccc2)c(=O)o1. The van der Waals surface area contributed by atoms with Crippen LogP contribution in [0.1, 0.15) is 25.2 Å². The van der Waals surface area contributed by atoms with Crippen molar-refractivity contribution in [3.05, 3.63) is 58.1 Å². The van der Waals surface area contributed by atoms with Crippen molar-refractivity contribution in [3.8, 4) is 11.1 Å². The highest BCUT2D eigenvalue weighted by atomic mass is 16.4. The van der Waals surface area contributed by atoms with E-state index in [0.717, 1.165) is 29.7 Å². The van der Waals surface area contributed by atoms with E-state index in [2.05, 4.69) is 6.92 Å². The van der Waals surface area contributed by atoms with Crippen molar-refractivity contribution in [1.82, 2.24) is 0 Å². The van der Waals surface area contributed by atoms with E-state index >= 15 is 0 Å². The van der Waals surface area contributed by atoms with Crippen LogP contribution in [0.25, 0.3) is 11.1 Å². The zero-order chi connectivity index (χ0) is 12.3. The van der Waals surface area contributed by atoms with Crippen LogP contribution >= 0.6 is 0 Å². The van der Waals surface area contributed by atoms with E-state index in [1.807, 2.05) is 43.3 Å². The smallest absolute Gasteiger partial charge is 0.344 e. The molecule has 2 nitrogen and oxygen atoms in total. The van der Waals surface area contributed by atoms with Gasteiger partial charge in [-0.25, -0.2) is 4.79 Å². The molecule has 0 aliphatic heterocycles. The number of rotatable bonds is 3. The Morgan fingerprint density at radius 3 is 2.35 bits per heavy atom. The lowest BCUT2D eigenvalue weighted by molar-refractivity contribution is 0.464. The van der Waals surface area contributed by atoms with Gasteiger partial charge in [-0.2, -0.15) is 0 Å². The Kier molecular flexibility index (Phi) is 3.43. The molecule has 88 valence electrons. The molecule has 0 aliphatic rings. The zero-order valence-corrected chi connectivity index (χ0v) is 10.2. The van der Waals surface area contributed by atoms with Crippen LogP contribution in [0.5, 0.6) is 0 Å². The summed E-state index contributed by atoms with van der Waals surface area (Å²) in [5, 5.41) is 0. The fourth-order valence-corrected chi connectivity index (χ4v) is 1.96. The summed E-state index contributed by atoms with van der Waals surface area (Å²) in [7, 11) is 0. The number of hydrogen-bond acceptors (Lipinski definition) is 2. The Morgan fingerprint density at radius 2 is 1.76 bits per heavy atom. The van der Waals surface area contributed by atoms with Crippen molar-refractivity contribution in [2.75, 3.05) is 0 Å². The lowest BCUT2D eigenvalue weighted by Crippen LogP contribution is -2.08. The molecule has 1 aromatic heterocycles. The van der Waals surface area contributed by atoms with Crippen LogP contribution < -0.4 is 5.63 Å². The highest BCUT2D eigenvalue weighted by molar-refractivity contribution is 5.65. The predicted octanol–water partition coefficient (Wildman–Crippen LogP) is 3.43. The molecule has 0 spiro atoms. The number of hydrogen-bond donors (Lipinski definition) is 0. The quantitative estimate of drug-likeness (QED) is 0.805. The second-order valence-corrected chi connectivity index (χ2v) is 3.97. The number of benzene rings is 1. The summed E-state index contributed by atoms with van der Waals surface area (Å²) in [6, 6.07) is 11.7. The van der Waals surface area contributed by atoms with Crippen LogP contribution in [0.2, 0.25) is 0 Å². The van der Waals surface area contributed by atoms with Crippen molar-refractivity contribution >= 4 is 0 Å². The maximum Gasteiger partial charge on any atom is 0.344 e. The average molecular weight is 228 g/mol. The van der Waals surface area contributed by atoms with E-state index in [1.165, 1.54) is 0 Å². The van der Waals surface area contributed by atoms with E-state index in [4.69, 9.17) is 4.42 Å². The molecule has 0 bridgehead atoms. The summed E-state index contributed by atoms with van der Waals surface area (Å²) in [6.45, 7) is 4.04. The maximum absolute atomic E-state index is 12.0. The van der Waals surface area contributed by atoms with Crippen LogP contribution in [0.3, 0.4) is 0 Å². The fourth-order valence-electron chi connectivity index (χ4n) is 1.96. The molecule has 0 fully saturated rings. The van der Waals surface area contributed by atoms with Gasteiger partial charge < -0.3 is 4.42 Å².